The second-order valence-electron chi connectivity index (χ2n) is 8.92. The number of nitrogens with zero attached hydrogens (tertiary/aromatic N) is 5. The van der Waals surface area contributed by atoms with Crippen molar-refractivity contribution in [2.75, 3.05) is 36.0 Å². The molecule has 4 rings (SSSR count). The largest absolute Gasteiger partial charge is 0.370 e. The molecule has 170 valence electrons. The molecule has 0 radical (unpaired) electrons. The van der Waals surface area contributed by atoms with Crippen molar-refractivity contribution in [3.05, 3.63) is 56.2 Å². The topological polar surface area (TPSA) is 126 Å². The summed E-state index contributed by atoms with van der Waals surface area (Å²) in [5.74, 6) is 0.558. The van der Waals surface area contributed by atoms with Crippen LogP contribution < -0.4 is 32.5 Å². The SMILES string of the molecule is Cn1c(=O)cc(N2CCC[C@H](N)C2)n(Cc2cc(N3CCC[C@H](N)C3)ccc2C#N)c1=O. The molecule has 9 heteroatoms. The summed E-state index contributed by atoms with van der Waals surface area (Å²) < 4.78 is 2.69. The van der Waals surface area contributed by atoms with E-state index in [0.717, 1.165) is 61.1 Å². The molecular formula is C23H31N7O2. The lowest BCUT2D eigenvalue weighted by molar-refractivity contribution is 0.491. The van der Waals surface area contributed by atoms with Gasteiger partial charge in [0.1, 0.15) is 5.82 Å². The molecule has 1 aromatic carbocycles. The van der Waals surface area contributed by atoms with Crippen LogP contribution in [0.15, 0.2) is 33.9 Å². The zero-order valence-electron chi connectivity index (χ0n) is 18.5. The maximum Gasteiger partial charge on any atom is 0.332 e. The van der Waals surface area contributed by atoms with Crippen LogP contribution >= 0.6 is 0 Å². The van der Waals surface area contributed by atoms with Crippen LogP contribution in [-0.4, -0.2) is 47.4 Å². The highest BCUT2D eigenvalue weighted by molar-refractivity contribution is 5.55. The molecule has 2 aliphatic rings. The molecule has 2 aromatic rings. The lowest BCUT2D eigenvalue weighted by Gasteiger charge is -2.34. The number of piperidine rings is 2. The maximum absolute atomic E-state index is 13.1. The summed E-state index contributed by atoms with van der Waals surface area (Å²) >= 11 is 0. The number of nitriles is 1. The maximum atomic E-state index is 13.1. The summed E-state index contributed by atoms with van der Waals surface area (Å²) in [5.41, 5.74) is 13.8. The highest BCUT2D eigenvalue weighted by Gasteiger charge is 2.23. The van der Waals surface area contributed by atoms with Crippen LogP contribution in [0.3, 0.4) is 0 Å². The van der Waals surface area contributed by atoms with Crippen molar-refractivity contribution >= 4 is 11.5 Å². The van der Waals surface area contributed by atoms with Crippen molar-refractivity contribution in [2.24, 2.45) is 18.5 Å². The van der Waals surface area contributed by atoms with Crippen molar-refractivity contribution in [3.63, 3.8) is 0 Å². The molecule has 3 heterocycles. The predicted octanol–water partition coefficient (Wildman–Crippen LogP) is 0.322. The van der Waals surface area contributed by atoms with Crippen LogP contribution in [0, 0.1) is 11.3 Å². The van der Waals surface area contributed by atoms with Gasteiger partial charge in [0.05, 0.1) is 18.2 Å². The summed E-state index contributed by atoms with van der Waals surface area (Å²) in [4.78, 5) is 29.8. The van der Waals surface area contributed by atoms with E-state index in [4.69, 9.17) is 11.5 Å². The van der Waals surface area contributed by atoms with E-state index < -0.39 is 5.69 Å². The highest BCUT2D eigenvalue weighted by atomic mass is 16.2. The minimum Gasteiger partial charge on any atom is -0.370 e. The fourth-order valence-electron chi connectivity index (χ4n) is 4.72. The van der Waals surface area contributed by atoms with Gasteiger partial charge in [0.15, 0.2) is 0 Å². The van der Waals surface area contributed by atoms with E-state index in [-0.39, 0.29) is 24.2 Å². The molecule has 0 saturated carbocycles. The van der Waals surface area contributed by atoms with Gasteiger partial charge < -0.3 is 21.3 Å². The number of nitrogens with two attached hydrogens (primary N) is 2. The van der Waals surface area contributed by atoms with Gasteiger partial charge in [-0.2, -0.15) is 5.26 Å². The second kappa shape index (κ2) is 9.18. The van der Waals surface area contributed by atoms with Crippen molar-refractivity contribution < 1.29 is 0 Å². The molecule has 0 bridgehead atoms. The number of hydrogen-bond acceptors (Lipinski definition) is 7. The van der Waals surface area contributed by atoms with Crippen molar-refractivity contribution in [1.82, 2.24) is 9.13 Å². The minimum absolute atomic E-state index is 0.00216. The Morgan fingerprint density at radius 2 is 1.69 bits per heavy atom. The van der Waals surface area contributed by atoms with E-state index in [9.17, 15) is 14.9 Å². The average Bonchev–Trinajstić information content (AvgIpc) is 2.79. The molecule has 0 amide bonds. The Morgan fingerprint density at radius 1 is 1.03 bits per heavy atom. The third kappa shape index (κ3) is 4.42. The lowest BCUT2D eigenvalue weighted by Crippen LogP contribution is -2.47. The number of benzene rings is 1. The third-order valence-corrected chi connectivity index (χ3v) is 6.52. The average molecular weight is 438 g/mol. The standard InChI is InChI=1S/C23H31N7O2/c1-27-22(31)11-21(29-9-3-5-19(26)15-29)30(23(27)32)13-17-10-20(7-6-16(17)12-24)28-8-2-4-18(25)14-28/h6-7,10-11,18-19H,2-5,8-9,13-15,25-26H2,1H3/t18-,19-/m0/s1. The van der Waals surface area contributed by atoms with Gasteiger partial charge in [-0.1, -0.05) is 0 Å². The smallest absolute Gasteiger partial charge is 0.332 e. The van der Waals surface area contributed by atoms with Crippen LogP contribution in [-0.2, 0) is 13.6 Å². The fraction of sp³-hybridized carbons (Fsp3) is 0.522. The Bertz CT molecular complexity index is 1150. The van der Waals surface area contributed by atoms with Gasteiger partial charge in [0.2, 0.25) is 0 Å². The molecule has 4 N–H and O–H groups in total. The minimum atomic E-state index is -0.402. The Kier molecular flexibility index (Phi) is 6.35. The van der Waals surface area contributed by atoms with Gasteiger partial charge in [0.25, 0.3) is 5.56 Å². The van der Waals surface area contributed by atoms with E-state index >= 15 is 0 Å². The molecule has 2 atom stereocenters. The van der Waals surface area contributed by atoms with Crippen molar-refractivity contribution in [1.29, 1.82) is 5.26 Å². The van der Waals surface area contributed by atoms with Crippen molar-refractivity contribution in [3.8, 4) is 6.07 Å². The Balaban J connectivity index is 1.75. The molecule has 0 spiro atoms. The van der Waals surface area contributed by atoms with E-state index in [1.165, 1.54) is 13.1 Å². The summed E-state index contributed by atoms with van der Waals surface area (Å²) in [7, 11) is 1.48. The Hall–Kier alpha value is -3.09. The number of aromatic nitrogens is 2. The first-order chi connectivity index (χ1) is 15.4. The summed E-state index contributed by atoms with van der Waals surface area (Å²) in [6.45, 7) is 3.20. The molecule has 2 saturated heterocycles. The second-order valence-corrected chi connectivity index (χ2v) is 8.92. The number of rotatable bonds is 4. The molecule has 0 aliphatic carbocycles. The van der Waals surface area contributed by atoms with E-state index in [1.807, 2.05) is 17.0 Å². The van der Waals surface area contributed by atoms with Gasteiger partial charge in [-0.15, -0.1) is 0 Å². The normalized spacial score (nSPS) is 21.4. The van der Waals surface area contributed by atoms with Gasteiger partial charge in [-0.05, 0) is 49.4 Å². The van der Waals surface area contributed by atoms with Crippen LogP contribution in [0.25, 0.3) is 0 Å². The molecular weight excluding hydrogens is 406 g/mol. The number of hydrogen-bond donors (Lipinski definition) is 2. The van der Waals surface area contributed by atoms with Gasteiger partial charge in [-0.3, -0.25) is 13.9 Å². The summed E-state index contributed by atoms with van der Waals surface area (Å²) in [6.07, 6.45) is 3.85. The van der Waals surface area contributed by atoms with Gasteiger partial charge in [-0.25, -0.2) is 4.79 Å². The fourth-order valence-corrected chi connectivity index (χ4v) is 4.72. The predicted molar refractivity (Wildman–Crippen MR) is 125 cm³/mol. The first kappa shape index (κ1) is 22.1. The van der Waals surface area contributed by atoms with E-state index in [2.05, 4.69) is 11.0 Å². The van der Waals surface area contributed by atoms with Crippen LogP contribution in [0.2, 0.25) is 0 Å². The van der Waals surface area contributed by atoms with E-state index in [1.54, 1.807) is 10.6 Å². The molecule has 32 heavy (non-hydrogen) atoms. The quantitative estimate of drug-likeness (QED) is 0.705. The zero-order chi connectivity index (χ0) is 22.8. The molecule has 0 unspecified atom stereocenters. The lowest BCUT2D eigenvalue weighted by atomic mass is 10.0. The molecule has 1 aromatic heterocycles. The van der Waals surface area contributed by atoms with Gasteiger partial charge >= 0.3 is 5.69 Å². The summed E-state index contributed by atoms with van der Waals surface area (Å²) in [6, 6.07) is 9.58. The first-order valence-corrected chi connectivity index (χ1v) is 11.2. The zero-order valence-corrected chi connectivity index (χ0v) is 18.5. The highest BCUT2D eigenvalue weighted by Crippen LogP contribution is 2.25. The van der Waals surface area contributed by atoms with Crippen LogP contribution in [0.1, 0.15) is 36.8 Å². The van der Waals surface area contributed by atoms with Crippen LogP contribution in [0.4, 0.5) is 11.5 Å². The summed E-state index contributed by atoms with van der Waals surface area (Å²) in [5, 5.41) is 9.71. The Labute approximate surface area is 187 Å². The monoisotopic (exact) mass is 437 g/mol. The van der Waals surface area contributed by atoms with Gasteiger partial charge in [0, 0.05) is 57.1 Å². The van der Waals surface area contributed by atoms with Crippen LogP contribution in [0.5, 0.6) is 0 Å². The van der Waals surface area contributed by atoms with E-state index in [0.29, 0.717) is 17.9 Å². The number of anilines is 2. The molecule has 2 aliphatic heterocycles. The molecule has 9 nitrogen and oxygen atoms in total. The van der Waals surface area contributed by atoms with Crippen molar-refractivity contribution in [2.45, 2.75) is 44.3 Å². The molecule has 2 fully saturated rings. The third-order valence-electron chi connectivity index (χ3n) is 6.52. The first-order valence-electron chi connectivity index (χ1n) is 11.2. The Morgan fingerprint density at radius 3 is 2.34 bits per heavy atom.